The fourth-order valence-electron chi connectivity index (χ4n) is 2.69. The quantitative estimate of drug-likeness (QED) is 0.802. The predicted octanol–water partition coefficient (Wildman–Crippen LogP) is 0.511. The summed E-state index contributed by atoms with van der Waals surface area (Å²) in [6.45, 7) is -0.348. The number of hydrogen-bond donors (Lipinski definition) is 2. The molecule has 1 heterocycles. The van der Waals surface area contributed by atoms with Crippen LogP contribution in [0.1, 0.15) is 0 Å². The van der Waals surface area contributed by atoms with Gasteiger partial charge in [-0.2, -0.15) is 0 Å². The van der Waals surface area contributed by atoms with E-state index in [1.165, 1.54) is 4.90 Å². The molecule has 3 amide bonds. The average Bonchev–Trinajstić information content (AvgIpc) is 2.66. The highest BCUT2D eigenvalue weighted by molar-refractivity contribution is 6.23. The predicted molar refractivity (Wildman–Crippen MR) is 89.6 cm³/mol. The van der Waals surface area contributed by atoms with Gasteiger partial charge in [0.15, 0.2) is 6.04 Å². The molecular weight excluding hydrogens is 308 g/mol. The highest BCUT2D eigenvalue weighted by Crippen LogP contribution is 2.37. The molecule has 2 aromatic carbocycles. The van der Waals surface area contributed by atoms with Crippen LogP contribution in [-0.2, 0) is 14.4 Å². The first-order chi connectivity index (χ1) is 11.5. The first-order valence-corrected chi connectivity index (χ1v) is 7.34. The number of amides is 3. The number of anilines is 3. The normalized spacial score (nSPS) is 17.5. The standard InChI is InChI=1S/C17H16N4O3/c18-14(22)10-20-12-8-4-5-9-13(12)21(11-6-2-1-3-7-11)17(24)15(19)16(20)23/h1-9,15H,10,19H2,(H2,18,22). The molecule has 0 saturated heterocycles. The Bertz CT molecular complexity index is 806. The molecule has 0 bridgehead atoms. The number of hydrogen-bond acceptors (Lipinski definition) is 4. The molecule has 7 nitrogen and oxygen atoms in total. The molecule has 1 aliphatic heterocycles. The number of para-hydroxylation sites is 3. The van der Waals surface area contributed by atoms with E-state index in [0.29, 0.717) is 17.1 Å². The van der Waals surface area contributed by atoms with Crippen molar-refractivity contribution in [1.82, 2.24) is 0 Å². The number of benzene rings is 2. The summed E-state index contributed by atoms with van der Waals surface area (Å²) in [4.78, 5) is 39.3. The summed E-state index contributed by atoms with van der Waals surface area (Å²) in [7, 11) is 0. The van der Waals surface area contributed by atoms with Gasteiger partial charge in [0.2, 0.25) is 5.91 Å². The minimum absolute atomic E-state index is 0.348. The van der Waals surface area contributed by atoms with Gasteiger partial charge in [-0.1, -0.05) is 30.3 Å². The molecule has 1 unspecified atom stereocenters. The Labute approximate surface area is 138 Å². The fraction of sp³-hybridized carbons (Fsp3) is 0.118. The SMILES string of the molecule is NC(=O)CN1C(=O)C(N)C(=O)N(c2ccccc2)c2ccccc21. The Morgan fingerprint density at radius 3 is 2.12 bits per heavy atom. The van der Waals surface area contributed by atoms with Crippen LogP contribution in [0.4, 0.5) is 17.1 Å². The van der Waals surface area contributed by atoms with Gasteiger partial charge in [0, 0.05) is 5.69 Å². The van der Waals surface area contributed by atoms with Crippen LogP contribution in [0.2, 0.25) is 0 Å². The summed E-state index contributed by atoms with van der Waals surface area (Å²) in [6.07, 6.45) is 0. The van der Waals surface area contributed by atoms with E-state index in [1.807, 2.05) is 6.07 Å². The number of rotatable bonds is 3. The number of nitrogens with zero attached hydrogens (tertiary/aromatic N) is 2. The van der Waals surface area contributed by atoms with Crippen molar-refractivity contribution in [2.75, 3.05) is 16.3 Å². The van der Waals surface area contributed by atoms with E-state index in [-0.39, 0.29) is 6.54 Å². The second-order valence-corrected chi connectivity index (χ2v) is 5.37. The molecule has 0 fully saturated rings. The Morgan fingerprint density at radius 1 is 0.917 bits per heavy atom. The van der Waals surface area contributed by atoms with Crippen LogP contribution in [0.15, 0.2) is 54.6 Å². The molecule has 24 heavy (non-hydrogen) atoms. The maximum Gasteiger partial charge on any atom is 0.258 e. The summed E-state index contributed by atoms with van der Waals surface area (Å²) in [5.41, 5.74) is 12.6. The lowest BCUT2D eigenvalue weighted by molar-refractivity contribution is -0.129. The molecule has 0 radical (unpaired) electrons. The van der Waals surface area contributed by atoms with Crippen LogP contribution in [0.25, 0.3) is 0 Å². The topological polar surface area (TPSA) is 110 Å². The zero-order chi connectivity index (χ0) is 17.3. The van der Waals surface area contributed by atoms with E-state index in [2.05, 4.69) is 0 Å². The minimum Gasteiger partial charge on any atom is -0.368 e. The Kier molecular flexibility index (Phi) is 4.01. The summed E-state index contributed by atoms with van der Waals surface area (Å²) in [5, 5.41) is 0. The maximum atomic E-state index is 12.8. The third-order valence-electron chi connectivity index (χ3n) is 3.76. The van der Waals surface area contributed by atoms with Crippen LogP contribution >= 0.6 is 0 Å². The molecule has 122 valence electrons. The van der Waals surface area contributed by atoms with E-state index in [1.54, 1.807) is 48.5 Å². The van der Waals surface area contributed by atoms with Crippen molar-refractivity contribution in [2.45, 2.75) is 6.04 Å². The van der Waals surface area contributed by atoms with Crippen LogP contribution in [-0.4, -0.2) is 30.3 Å². The monoisotopic (exact) mass is 324 g/mol. The zero-order valence-corrected chi connectivity index (χ0v) is 12.8. The van der Waals surface area contributed by atoms with Crippen LogP contribution < -0.4 is 21.3 Å². The molecule has 0 saturated carbocycles. The van der Waals surface area contributed by atoms with Gasteiger partial charge in [-0.3, -0.25) is 24.2 Å². The lowest BCUT2D eigenvalue weighted by Crippen LogP contribution is -2.51. The van der Waals surface area contributed by atoms with Crippen molar-refractivity contribution in [3.05, 3.63) is 54.6 Å². The van der Waals surface area contributed by atoms with Gasteiger partial charge in [-0.25, -0.2) is 0 Å². The van der Waals surface area contributed by atoms with E-state index in [0.717, 1.165) is 4.90 Å². The average molecular weight is 324 g/mol. The third-order valence-corrected chi connectivity index (χ3v) is 3.76. The van der Waals surface area contributed by atoms with E-state index < -0.39 is 23.8 Å². The van der Waals surface area contributed by atoms with Crippen molar-refractivity contribution < 1.29 is 14.4 Å². The van der Waals surface area contributed by atoms with Crippen molar-refractivity contribution in [1.29, 1.82) is 0 Å². The van der Waals surface area contributed by atoms with Crippen LogP contribution in [0, 0.1) is 0 Å². The third kappa shape index (κ3) is 2.61. The lowest BCUT2D eigenvalue weighted by atomic mass is 10.2. The van der Waals surface area contributed by atoms with E-state index in [4.69, 9.17) is 11.5 Å². The Morgan fingerprint density at radius 2 is 1.50 bits per heavy atom. The summed E-state index contributed by atoms with van der Waals surface area (Å²) < 4.78 is 0. The number of fused-ring (bicyclic) bond motifs is 1. The number of primary amides is 1. The van der Waals surface area contributed by atoms with E-state index >= 15 is 0 Å². The highest BCUT2D eigenvalue weighted by Gasteiger charge is 2.39. The maximum absolute atomic E-state index is 12.8. The fourth-order valence-corrected chi connectivity index (χ4v) is 2.69. The first-order valence-electron chi connectivity index (χ1n) is 7.34. The number of carbonyl (C=O) groups excluding carboxylic acids is 3. The molecule has 7 heteroatoms. The zero-order valence-electron chi connectivity index (χ0n) is 12.8. The largest absolute Gasteiger partial charge is 0.368 e. The van der Waals surface area contributed by atoms with Gasteiger partial charge < -0.3 is 11.5 Å². The van der Waals surface area contributed by atoms with Crippen LogP contribution in [0.5, 0.6) is 0 Å². The van der Waals surface area contributed by atoms with E-state index in [9.17, 15) is 14.4 Å². The van der Waals surface area contributed by atoms with Crippen molar-refractivity contribution in [3.63, 3.8) is 0 Å². The van der Waals surface area contributed by atoms with Gasteiger partial charge in [0.1, 0.15) is 6.54 Å². The van der Waals surface area contributed by atoms with Gasteiger partial charge in [-0.05, 0) is 24.3 Å². The molecular formula is C17H16N4O3. The summed E-state index contributed by atoms with van der Waals surface area (Å²) in [5.74, 6) is -1.92. The molecule has 0 aromatic heterocycles. The minimum atomic E-state index is -1.42. The molecule has 0 aliphatic carbocycles. The molecule has 0 spiro atoms. The van der Waals surface area contributed by atoms with Crippen molar-refractivity contribution in [2.24, 2.45) is 11.5 Å². The lowest BCUT2D eigenvalue weighted by Gasteiger charge is -2.24. The van der Waals surface area contributed by atoms with Crippen molar-refractivity contribution >= 4 is 34.8 Å². The van der Waals surface area contributed by atoms with Gasteiger partial charge in [0.05, 0.1) is 11.4 Å². The second-order valence-electron chi connectivity index (χ2n) is 5.37. The first kappa shape index (κ1) is 15.7. The van der Waals surface area contributed by atoms with Gasteiger partial charge in [-0.15, -0.1) is 0 Å². The number of nitrogens with two attached hydrogens (primary N) is 2. The Hall–Kier alpha value is -3.19. The molecule has 1 atom stereocenters. The summed E-state index contributed by atoms with van der Waals surface area (Å²) in [6, 6.07) is 14.3. The molecule has 1 aliphatic rings. The van der Waals surface area contributed by atoms with Crippen molar-refractivity contribution in [3.8, 4) is 0 Å². The molecule has 4 N–H and O–H groups in total. The van der Waals surface area contributed by atoms with Gasteiger partial charge in [0.25, 0.3) is 11.8 Å². The molecule has 3 rings (SSSR count). The smallest absolute Gasteiger partial charge is 0.258 e. The van der Waals surface area contributed by atoms with Gasteiger partial charge >= 0.3 is 0 Å². The highest BCUT2D eigenvalue weighted by atomic mass is 16.2. The second kappa shape index (κ2) is 6.13. The number of carbonyl (C=O) groups is 3. The Balaban J connectivity index is 2.22. The summed E-state index contributed by atoms with van der Waals surface area (Å²) >= 11 is 0. The van der Waals surface area contributed by atoms with Crippen LogP contribution in [0.3, 0.4) is 0 Å². The molecule has 2 aromatic rings.